The van der Waals surface area contributed by atoms with Gasteiger partial charge in [0.1, 0.15) is 48.6 Å². The summed E-state index contributed by atoms with van der Waals surface area (Å²) < 4.78 is 7.59. The van der Waals surface area contributed by atoms with Crippen molar-refractivity contribution in [2.24, 2.45) is 0 Å². The van der Waals surface area contributed by atoms with Gasteiger partial charge in [-0.2, -0.15) is 19.9 Å². The van der Waals surface area contributed by atoms with Gasteiger partial charge in [-0.25, -0.2) is 39.9 Å². The Hall–Kier alpha value is -8.74. The number of hydrogen-bond donors (Lipinski definition) is 2. The van der Waals surface area contributed by atoms with E-state index in [1.54, 1.807) is 62.2 Å². The van der Waals surface area contributed by atoms with Gasteiger partial charge < -0.3 is 10.6 Å². The van der Waals surface area contributed by atoms with Crippen LogP contribution in [-0.4, -0.2) is 78.1 Å². The van der Waals surface area contributed by atoms with Crippen molar-refractivity contribution in [2.75, 3.05) is 10.6 Å². The molecule has 20 heteroatoms. The Morgan fingerprint density at radius 3 is 1.10 bits per heavy atom. The molecule has 18 nitrogen and oxygen atoms in total. The molecule has 2 N–H and O–H groups in total. The topological polar surface area (TPSA) is 198 Å². The van der Waals surface area contributed by atoms with E-state index in [0.717, 1.165) is 55.3 Å². The van der Waals surface area contributed by atoms with E-state index in [4.69, 9.17) is 33.2 Å². The maximum atomic E-state index is 6.00. The van der Waals surface area contributed by atoms with E-state index in [0.29, 0.717) is 35.2 Å². The second kappa shape index (κ2) is 17.9. The molecule has 0 spiro atoms. The van der Waals surface area contributed by atoms with Gasteiger partial charge in [0.2, 0.25) is 22.5 Å². The lowest BCUT2D eigenvalue weighted by atomic mass is 10.1. The largest absolute Gasteiger partial charge is 0.348 e. The number of halogens is 2. The van der Waals surface area contributed by atoms with Crippen LogP contribution in [0, 0.1) is 0 Å². The third-order valence-corrected chi connectivity index (χ3v) is 11.6. The number of rotatable bonds is 10. The van der Waals surface area contributed by atoms with E-state index >= 15 is 0 Å². The highest BCUT2D eigenvalue weighted by Gasteiger charge is 2.16. The van der Waals surface area contributed by atoms with Gasteiger partial charge in [-0.15, -0.1) is 0 Å². The summed E-state index contributed by atoms with van der Waals surface area (Å²) in [5.41, 5.74) is 9.04. The number of aromatic nitrogens is 16. The lowest BCUT2D eigenvalue weighted by Crippen LogP contribution is -2.10. The zero-order chi connectivity index (χ0) is 46.1. The zero-order valence-electron chi connectivity index (χ0n) is 36.1. The van der Waals surface area contributed by atoms with Crippen molar-refractivity contribution in [3.05, 3.63) is 181 Å². The van der Waals surface area contributed by atoms with Gasteiger partial charge >= 0.3 is 0 Å². The predicted molar refractivity (Wildman–Crippen MR) is 261 cm³/mol. The molecule has 12 rings (SSSR count). The second-order valence-corrected chi connectivity index (χ2v) is 16.2. The van der Waals surface area contributed by atoms with Crippen LogP contribution in [0.1, 0.15) is 37.1 Å². The molecule has 0 aliphatic carbocycles. The minimum Gasteiger partial charge on any atom is -0.348 e. The average Bonchev–Trinajstić information content (AvgIpc) is 4.18. The van der Waals surface area contributed by atoms with Gasteiger partial charge in [-0.3, -0.25) is 18.3 Å². The fourth-order valence-electron chi connectivity index (χ4n) is 7.82. The first-order valence-electron chi connectivity index (χ1n) is 21.3. The fraction of sp³-hybridized carbons (Fsp3) is 0.0833. The van der Waals surface area contributed by atoms with Gasteiger partial charge in [0.05, 0.1) is 56.2 Å². The van der Waals surface area contributed by atoms with Crippen molar-refractivity contribution < 1.29 is 0 Å². The molecule has 0 amide bonds. The number of imidazole rings is 4. The van der Waals surface area contributed by atoms with Crippen molar-refractivity contribution >= 4 is 79.2 Å². The van der Waals surface area contributed by atoms with Crippen LogP contribution < -0.4 is 10.6 Å². The Labute approximate surface area is 396 Å². The monoisotopic (exact) mass is 934 g/mol. The third kappa shape index (κ3) is 8.36. The van der Waals surface area contributed by atoms with E-state index in [-0.39, 0.29) is 22.7 Å². The molecule has 4 aromatic carbocycles. The Morgan fingerprint density at radius 1 is 0.382 bits per heavy atom. The molecule has 2 atom stereocenters. The van der Waals surface area contributed by atoms with Crippen molar-refractivity contribution in [1.29, 1.82) is 0 Å². The quantitative estimate of drug-likeness (QED) is 0.123. The SMILES string of the molecule is C[C@H](Nc1nccc(-n2cnc3cc4c(cc32)ncn4-c2ccnc(Cl)n2)n1)c1ccccc1.C[C@H](Nc1nccc(-n2cnc3cc4ncn(-c5ccnc(Cl)n5)c4cc32)n1)c1ccccc1. The molecule has 68 heavy (non-hydrogen) atoms. The maximum Gasteiger partial charge on any atom is 0.225 e. The van der Waals surface area contributed by atoms with E-state index in [1.165, 1.54) is 0 Å². The lowest BCUT2D eigenvalue weighted by molar-refractivity contribution is 0.854. The van der Waals surface area contributed by atoms with Gasteiger partial charge in [0, 0.05) is 24.8 Å². The summed E-state index contributed by atoms with van der Waals surface area (Å²) >= 11 is 12.0. The number of benzene rings is 4. The van der Waals surface area contributed by atoms with Crippen LogP contribution in [0.5, 0.6) is 0 Å². The molecule has 0 unspecified atom stereocenters. The smallest absolute Gasteiger partial charge is 0.225 e. The number of fused-ring (bicyclic) bond motifs is 4. The van der Waals surface area contributed by atoms with Crippen molar-refractivity contribution in [3.8, 4) is 23.3 Å². The highest BCUT2D eigenvalue weighted by atomic mass is 35.5. The molecule has 8 heterocycles. The average molecular weight is 936 g/mol. The van der Waals surface area contributed by atoms with Crippen LogP contribution >= 0.6 is 23.2 Å². The number of nitrogens with one attached hydrogen (secondary N) is 2. The van der Waals surface area contributed by atoms with E-state index in [2.05, 4.69) is 98.6 Å². The molecule has 0 fully saturated rings. The summed E-state index contributed by atoms with van der Waals surface area (Å²) in [5.74, 6) is 3.77. The van der Waals surface area contributed by atoms with Crippen LogP contribution in [0.15, 0.2) is 159 Å². The molecule has 8 aromatic heterocycles. The molecule has 12 aromatic rings. The standard InChI is InChI=1S/2C24H18ClN9/c1-15(16-5-3-2-4-6-16)30-24-27-10-8-22(32-24)34-14-29-18-11-19-17(12-20(18)34)28-13-33(19)21-7-9-26-23(25)31-21;1-15(16-5-3-2-4-6-16)30-24-27-10-8-22(32-24)34-14-29-18-11-17-19(12-20(18)34)33(13-28-17)21-7-9-26-23(25)31-21/h2*2-15H,1H3,(H,27,30,32)/t2*15-/m00/s1. The predicted octanol–water partition coefficient (Wildman–Crippen LogP) is 9.54. The molecule has 0 saturated heterocycles. The van der Waals surface area contributed by atoms with Gasteiger partial charge in [0.25, 0.3) is 0 Å². The van der Waals surface area contributed by atoms with Gasteiger partial charge in [0.15, 0.2) is 0 Å². The zero-order valence-corrected chi connectivity index (χ0v) is 37.6. The van der Waals surface area contributed by atoms with Crippen molar-refractivity contribution in [3.63, 3.8) is 0 Å². The molecular weight excluding hydrogens is 900 g/mol. The Kier molecular flexibility index (Phi) is 11.0. The Bertz CT molecular complexity index is 3740. The van der Waals surface area contributed by atoms with Crippen LogP contribution in [0.25, 0.3) is 67.4 Å². The maximum absolute atomic E-state index is 6.00. The third-order valence-electron chi connectivity index (χ3n) is 11.2. The van der Waals surface area contributed by atoms with Crippen LogP contribution in [0.4, 0.5) is 11.9 Å². The van der Waals surface area contributed by atoms with Gasteiger partial charge in [-0.1, -0.05) is 60.7 Å². The molecule has 0 aliphatic heterocycles. The normalized spacial score (nSPS) is 12.3. The number of anilines is 2. The summed E-state index contributed by atoms with van der Waals surface area (Å²) in [4.78, 5) is 53.0. The van der Waals surface area contributed by atoms with Crippen LogP contribution in [0.2, 0.25) is 10.6 Å². The first-order valence-corrected chi connectivity index (χ1v) is 22.0. The first-order chi connectivity index (χ1) is 33.3. The van der Waals surface area contributed by atoms with E-state index in [1.807, 2.05) is 91.1 Å². The minimum absolute atomic E-state index is 0.0599. The lowest BCUT2D eigenvalue weighted by Gasteiger charge is -2.14. The van der Waals surface area contributed by atoms with Crippen LogP contribution in [-0.2, 0) is 0 Å². The fourth-order valence-corrected chi connectivity index (χ4v) is 8.10. The van der Waals surface area contributed by atoms with E-state index in [9.17, 15) is 0 Å². The summed E-state index contributed by atoms with van der Waals surface area (Å²) in [6.45, 7) is 4.16. The molecule has 0 bridgehead atoms. The molecule has 0 saturated carbocycles. The molecule has 0 aliphatic rings. The Balaban J connectivity index is 0.000000149. The highest BCUT2D eigenvalue weighted by molar-refractivity contribution is 6.28. The summed E-state index contributed by atoms with van der Waals surface area (Å²) in [7, 11) is 0. The highest BCUT2D eigenvalue weighted by Crippen LogP contribution is 2.28. The molecule has 0 radical (unpaired) electrons. The molecular formula is C48H36Cl2N18. The summed E-state index contributed by atoms with van der Waals surface area (Å²) in [6, 6.07) is 35.7. The second-order valence-electron chi connectivity index (χ2n) is 15.5. The number of hydrogen-bond acceptors (Lipinski definition) is 14. The number of nitrogens with zero attached hydrogens (tertiary/aromatic N) is 16. The van der Waals surface area contributed by atoms with Crippen molar-refractivity contribution in [1.82, 2.24) is 78.1 Å². The molecule has 332 valence electrons. The first kappa shape index (κ1) is 41.9. The van der Waals surface area contributed by atoms with E-state index < -0.39 is 0 Å². The summed E-state index contributed by atoms with van der Waals surface area (Å²) in [5, 5.41) is 7.10. The van der Waals surface area contributed by atoms with Gasteiger partial charge in [-0.05, 0) is 96.7 Å². The summed E-state index contributed by atoms with van der Waals surface area (Å²) in [6.07, 6.45) is 13.6. The Morgan fingerprint density at radius 2 is 0.721 bits per heavy atom. The van der Waals surface area contributed by atoms with Crippen LogP contribution in [0.3, 0.4) is 0 Å². The van der Waals surface area contributed by atoms with Crippen molar-refractivity contribution in [2.45, 2.75) is 25.9 Å². The minimum atomic E-state index is 0.0599.